The summed E-state index contributed by atoms with van der Waals surface area (Å²) in [6, 6.07) is 17.0. The smallest absolute Gasteiger partial charge is 0.0412 e. The molecule has 0 aliphatic carbocycles. The van der Waals surface area contributed by atoms with E-state index in [1.807, 2.05) is 30.3 Å². The van der Waals surface area contributed by atoms with E-state index in [0.29, 0.717) is 0 Å². The van der Waals surface area contributed by atoms with Crippen LogP contribution in [-0.4, -0.2) is 0 Å². The van der Waals surface area contributed by atoms with Gasteiger partial charge in [-0.15, -0.1) is 0 Å². The fraction of sp³-hybridized carbons (Fsp3) is 0. The third-order valence-corrected chi connectivity index (χ3v) is 3.10. The largest absolute Gasteiger partial charge is 0.0843 e. The van der Waals surface area contributed by atoms with Gasteiger partial charge < -0.3 is 0 Å². The molecule has 0 N–H and O–H groups in total. The van der Waals surface area contributed by atoms with E-state index in [2.05, 4.69) is 40.8 Å². The van der Waals surface area contributed by atoms with Crippen LogP contribution in [0.3, 0.4) is 0 Å². The van der Waals surface area contributed by atoms with Crippen molar-refractivity contribution in [1.29, 1.82) is 0 Å². The summed E-state index contributed by atoms with van der Waals surface area (Å²) < 4.78 is 1.21. The summed E-state index contributed by atoms with van der Waals surface area (Å²) in [5, 5.41) is 0.749. The van der Waals surface area contributed by atoms with Gasteiger partial charge >= 0.3 is 0 Å². The Morgan fingerprint density at radius 1 is 1.14 bits per heavy atom. The predicted molar refractivity (Wildman–Crippen MR) is 68.4 cm³/mol. The maximum Gasteiger partial charge on any atom is 0.0412 e. The second kappa shape index (κ2) is 4.32. The highest BCUT2D eigenvalue weighted by atomic mass is 127. The van der Waals surface area contributed by atoms with E-state index in [-0.39, 0.29) is 0 Å². The summed E-state index contributed by atoms with van der Waals surface area (Å²) in [6.45, 7) is 0. The molecule has 0 aliphatic heterocycles. The molecule has 0 atom stereocenters. The van der Waals surface area contributed by atoms with Crippen molar-refractivity contribution in [2.45, 2.75) is 0 Å². The molecule has 69 valence electrons. The zero-order chi connectivity index (χ0) is 9.97. The molecule has 14 heavy (non-hydrogen) atoms. The van der Waals surface area contributed by atoms with Crippen LogP contribution < -0.4 is 0 Å². The summed E-state index contributed by atoms with van der Waals surface area (Å²) in [6.07, 6.45) is 0. The summed E-state index contributed by atoms with van der Waals surface area (Å²) in [7, 11) is 0. The standard InChI is InChI=1S/C12H7ClI/c13-10-5-3-4-9(8-10)11-6-1-2-7-12(11)14/h1-3,5-8H. The van der Waals surface area contributed by atoms with Crippen LogP contribution in [0.2, 0.25) is 5.02 Å². The van der Waals surface area contributed by atoms with E-state index < -0.39 is 0 Å². The van der Waals surface area contributed by atoms with Gasteiger partial charge in [0.1, 0.15) is 0 Å². The first-order valence-electron chi connectivity index (χ1n) is 4.19. The normalized spacial score (nSPS) is 10.1. The van der Waals surface area contributed by atoms with Crippen LogP contribution in [0.1, 0.15) is 0 Å². The van der Waals surface area contributed by atoms with Crippen LogP contribution in [0, 0.1) is 9.64 Å². The maximum atomic E-state index is 5.92. The second-order valence-electron chi connectivity index (χ2n) is 2.90. The second-order valence-corrected chi connectivity index (χ2v) is 4.50. The summed E-state index contributed by atoms with van der Waals surface area (Å²) >= 11 is 8.24. The molecule has 0 spiro atoms. The van der Waals surface area contributed by atoms with Crippen LogP contribution in [0.25, 0.3) is 11.1 Å². The Balaban J connectivity index is 2.55. The van der Waals surface area contributed by atoms with Gasteiger partial charge in [-0.2, -0.15) is 0 Å². The molecular weight excluding hydrogens is 306 g/mol. The predicted octanol–water partition coefficient (Wildman–Crippen LogP) is 4.41. The monoisotopic (exact) mass is 313 g/mol. The molecule has 0 bridgehead atoms. The fourth-order valence-corrected chi connectivity index (χ4v) is 2.12. The Morgan fingerprint density at radius 2 is 1.93 bits per heavy atom. The van der Waals surface area contributed by atoms with Gasteiger partial charge in [0.2, 0.25) is 0 Å². The minimum atomic E-state index is 0.749. The number of rotatable bonds is 1. The first kappa shape index (κ1) is 9.99. The van der Waals surface area contributed by atoms with Crippen LogP contribution in [0.4, 0.5) is 0 Å². The summed E-state index contributed by atoms with van der Waals surface area (Å²) in [5.74, 6) is 0. The average Bonchev–Trinajstić information content (AvgIpc) is 2.18. The van der Waals surface area contributed by atoms with Crippen molar-refractivity contribution in [2.24, 2.45) is 0 Å². The third kappa shape index (κ3) is 2.10. The molecule has 0 heterocycles. The van der Waals surface area contributed by atoms with Crippen molar-refractivity contribution in [1.82, 2.24) is 0 Å². The van der Waals surface area contributed by atoms with E-state index in [1.54, 1.807) is 0 Å². The third-order valence-electron chi connectivity index (χ3n) is 1.93. The zero-order valence-electron chi connectivity index (χ0n) is 7.30. The molecule has 0 aromatic heterocycles. The lowest BCUT2D eigenvalue weighted by Gasteiger charge is -2.03. The van der Waals surface area contributed by atoms with Gasteiger partial charge in [-0.25, -0.2) is 0 Å². The summed E-state index contributed by atoms with van der Waals surface area (Å²) in [5.41, 5.74) is 2.22. The van der Waals surface area contributed by atoms with Gasteiger partial charge in [0.25, 0.3) is 0 Å². The van der Waals surface area contributed by atoms with Crippen molar-refractivity contribution >= 4 is 34.2 Å². The van der Waals surface area contributed by atoms with Crippen molar-refractivity contribution in [3.63, 3.8) is 0 Å². The van der Waals surface area contributed by atoms with Crippen LogP contribution in [0.15, 0.2) is 42.5 Å². The number of benzene rings is 2. The number of hydrogen-bond acceptors (Lipinski definition) is 0. The van der Waals surface area contributed by atoms with E-state index in [1.165, 1.54) is 9.13 Å². The first-order chi connectivity index (χ1) is 6.77. The van der Waals surface area contributed by atoms with Crippen molar-refractivity contribution in [2.75, 3.05) is 0 Å². The van der Waals surface area contributed by atoms with E-state index in [9.17, 15) is 0 Å². The Hall–Kier alpha value is -0.540. The molecule has 2 aromatic carbocycles. The van der Waals surface area contributed by atoms with Crippen molar-refractivity contribution in [3.8, 4) is 11.1 Å². The lowest BCUT2D eigenvalue weighted by atomic mass is 10.1. The molecule has 0 aliphatic rings. The zero-order valence-corrected chi connectivity index (χ0v) is 10.2. The number of halogens is 2. The fourth-order valence-electron chi connectivity index (χ4n) is 1.27. The molecule has 0 nitrogen and oxygen atoms in total. The lowest BCUT2D eigenvalue weighted by molar-refractivity contribution is 1.57. The van der Waals surface area contributed by atoms with Gasteiger partial charge in [-0.3, -0.25) is 0 Å². The SMILES string of the molecule is Clc1cc[c]c(-c2ccccc2I)c1. The highest BCUT2D eigenvalue weighted by molar-refractivity contribution is 14.1. The van der Waals surface area contributed by atoms with Crippen LogP contribution in [-0.2, 0) is 0 Å². The van der Waals surface area contributed by atoms with E-state index >= 15 is 0 Å². The minimum Gasteiger partial charge on any atom is -0.0843 e. The average molecular weight is 314 g/mol. The number of hydrogen-bond donors (Lipinski definition) is 0. The Bertz CT molecular complexity index is 452. The quantitative estimate of drug-likeness (QED) is 0.684. The molecule has 1 radical (unpaired) electrons. The van der Waals surface area contributed by atoms with Gasteiger partial charge in [-0.1, -0.05) is 35.9 Å². The van der Waals surface area contributed by atoms with Gasteiger partial charge in [0, 0.05) is 8.59 Å². The molecular formula is C12H7ClI. The van der Waals surface area contributed by atoms with Crippen LogP contribution in [0.5, 0.6) is 0 Å². The maximum absolute atomic E-state index is 5.92. The molecule has 0 amide bonds. The molecule has 2 aromatic rings. The highest BCUT2D eigenvalue weighted by Gasteiger charge is 2.01. The molecule has 2 rings (SSSR count). The molecule has 0 saturated carbocycles. The van der Waals surface area contributed by atoms with Crippen LogP contribution >= 0.6 is 34.2 Å². The molecule has 0 saturated heterocycles. The lowest BCUT2D eigenvalue weighted by Crippen LogP contribution is -1.81. The van der Waals surface area contributed by atoms with Crippen molar-refractivity contribution in [3.05, 3.63) is 57.1 Å². The Kier molecular flexibility index (Phi) is 3.08. The molecule has 0 unspecified atom stereocenters. The van der Waals surface area contributed by atoms with E-state index in [0.717, 1.165) is 10.6 Å². The van der Waals surface area contributed by atoms with Crippen molar-refractivity contribution < 1.29 is 0 Å². The first-order valence-corrected chi connectivity index (χ1v) is 5.65. The highest BCUT2D eigenvalue weighted by Crippen LogP contribution is 2.26. The Morgan fingerprint density at radius 3 is 2.64 bits per heavy atom. The van der Waals surface area contributed by atoms with Gasteiger partial charge in [0.05, 0.1) is 0 Å². The van der Waals surface area contributed by atoms with Gasteiger partial charge in [-0.05, 0) is 58.0 Å². The van der Waals surface area contributed by atoms with E-state index in [4.69, 9.17) is 11.6 Å². The minimum absolute atomic E-state index is 0.749. The summed E-state index contributed by atoms with van der Waals surface area (Å²) in [4.78, 5) is 0. The van der Waals surface area contributed by atoms with Gasteiger partial charge in [0.15, 0.2) is 0 Å². The Labute approximate surface area is 102 Å². The molecule has 0 fully saturated rings. The topological polar surface area (TPSA) is 0 Å². The molecule has 2 heteroatoms.